The molecule has 3 rings (SSSR count). The van der Waals surface area contributed by atoms with Gasteiger partial charge < -0.3 is 0 Å². The van der Waals surface area contributed by atoms with Gasteiger partial charge >= 0.3 is 0 Å². The van der Waals surface area contributed by atoms with Crippen LogP contribution in [-0.4, -0.2) is 10.8 Å². The van der Waals surface area contributed by atoms with Crippen molar-refractivity contribution in [3.05, 3.63) is 76.6 Å². The fraction of sp³-hybridized carbons (Fsp3) is 0.111. The Bertz CT molecular complexity index is 703. The summed E-state index contributed by atoms with van der Waals surface area (Å²) >= 11 is 1.70. The molecule has 0 aliphatic rings. The minimum atomic E-state index is 0.191. The summed E-state index contributed by atoms with van der Waals surface area (Å²) in [6, 6.07) is 17.6. The summed E-state index contributed by atoms with van der Waals surface area (Å²) in [5, 5.41) is 2.04. The number of nitrogens with zero attached hydrogens (tertiary/aromatic N) is 1. The number of ketones is 1. The summed E-state index contributed by atoms with van der Waals surface area (Å²) in [7, 11) is 0. The lowest BCUT2D eigenvalue weighted by atomic mass is 10.0. The molecule has 2 heterocycles. The van der Waals surface area contributed by atoms with Crippen molar-refractivity contribution in [2.24, 2.45) is 0 Å². The van der Waals surface area contributed by atoms with E-state index in [2.05, 4.69) is 11.1 Å². The third-order valence-electron chi connectivity index (χ3n) is 3.35. The molecular weight excluding hydrogens is 278 g/mol. The molecule has 104 valence electrons. The maximum atomic E-state index is 12.2. The van der Waals surface area contributed by atoms with Crippen LogP contribution in [0.2, 0.25) is 0 Å². The molecule has 0 saturated carbocycles. The molecule has 2 nitrogen and oxygen atoms in total. The summed E-state index contributed by atoms with van der Waals surface area (Å²) in [5.41, 5.74) is 2.73. The number of hydrogen-bond donors (Lipinski definition) is 0. The lowest BCUT2D eigenvalue weighted by Crippen LogP contribution is -2.00. The van der Waals surface area contributed by atoms with Gasteiger partial charge in [-0.3, -0.25) is 9.78 Å². The van der Waals surface area contributed by atoms with Crippen LogP contribution >= 0.6 is 11.3 Å². The quantitative estimate of drug-likeness (QED) is 0.642. The zero-order chi connectivity index (χ0) is 14.5. The molecule has 3 heteroatoms. The van der Waals surface area contributed by atoms with Gasteiger partial charge in [0.2, 0.25) is 0 Å². The highest BCUT2D eigenvalue weighted by atomic mass is 32.1. The maximum Gasteiger partial charge on any atom is 0.163 e. The van der Waals surface area contributed by atoms with E-state index in [9.17, 15) is 4.79 Å². The Morgan fingerprint density at radius 2 is 1.86 bits per heavy atom. The van der Waals surface area contributed by atoms with E-state index in [4.69, 9.17) is 0 Å². The number of carbonyl (C=O) groups is 1. The van der Waals surface area contributed by atoms with Crippen LogP contribution in [0.25, 0.3) is 11.3 Å². The number of rotatable bonds is 5. The Balaban J connectivity index is 1.67. The molecule has 1 aromatic carbocycles. The number of pyridine rings is 1. The Kier molecular flexibility index (Phi) is 4.22. The summed E-state index contributed by atoms with van der Waals surface area (Å²) < 4.78 is 0. The first-order chi connectivity index (χ1) is 10.3. The summed E-state index contributed by atoms with van der Waals surface area (Å²) in [6.07, 6.45) is 3.15. The van der Waals surface area contributed by atoms with Gasteiger partial charge in [0.15, 0.2) is 5.78 Å². The van der Waals surface area contributed by atoms with Crippen LogP contribution in [-0.2, 0) is 6.42 Å². The van der Waals surface area contributed by atoms with Crippen LogP contribution in [0.4, 0.5) is 0 Å². The molecule has 0 aliphatic heterocycles. The van der Waals surface area contributed by atoms with Crippen molar-refractivity contribution in [1.29, 1.82) is 0 Å². The number of aryl methyl sites for hydroxylation is 1. The molecule has 0 aliphatic carbocycles. The molecule has 0 spiro atoms. The fourth-order valence-corrected chi connectivity index (χ4v) is 2.91. The summed E-state index contributed by atoms with van der Waals surface area (Å²) in [5.74, 6) is 0.191. The van der Waals surface area contributed by atoms with Gasteiger partial charge in [0.1, 0.15) is 0 Å². The number of thiophene rings is 1. The van der Waals surface area contributed by atoms with Crippen LogP contribution in [0.5, 0.6) is 0 Å². The molecule has 0 N–H and O–H groups in total. The monoisotopic (exact) mass is 293 g/mol. The zero-order valence-electron chi connectivity index (χ0n) is 11.5. The smallest absolute Gasteiger partial charge is 0.163 e. The van der Waals surface area contributed by atoms with Crippen molar-refractivity contribution >= 4 is 17.1 Å². The van der Waals surface area contributed by atoms with E-state index in [1.807, 2.05) is 53.9 Å². The number of aromatic nitrogens is 1. The zero-order valence-corrected chi connectivity index (χ0v) is 12.3. The predicted octanol–water partition coefficient (Wildman–Crippen LogP) is 4.63. The van der Waals surface area contributed by atoms with Gasteiger partial charge in [0.25, 0.3) is 0 Å². The van der Waals surface area contributed by atoms with Crippen LogP contribution in [0, 0.1) is 0 Å². The van der Waals surface area contributed by atoms with Crippen LogP contribution < -0.4 is 0 Å². The third kappa shape index (κ3) is 3.44. The van der Waals surface area contributed by atoms with Gasteiger partial charge in [-0.1, -0.05) is 36.4 Å². The van der Waals surface area contributed by atoms with Gasteiger partial charge in [-0.2, -0.15) is 0 Å². The van der Waals surface area contributed by atoms with Crippen molar-refractivity contribution in [3.8, 4) is 11.3 Å². The summed E-state index contributed by atoms with van der Waals surface area (Å²) in [6.45, 7) is 0. The van der Waals surface area contributed by atoms with E-state index in [0.717, 1.165) is 23.2 Å². The Labute approximate surface area is 128 Å². The molecule has 2 aromatic heterocycles. The molecule has 21 heavy (non-hydrogen) atoms. The summed E-state index contributed by atoms with van der Waals surface area (Å²) in [4.78, 5) is 17.7. The Morgan fingerprint density at radius 1 is 1.00 bits per heavy atom. The van der Waals surface area contributed by atoms with Crippen LogP contribution in [0.3, 0.4) is 0 Å². The van der Waals surface area contributed by atoms with Crippen molar-refractivity contribution in [1.82, 2.24) is 4.98 Å². The standard InChI is InChI=1S/C18H15NOS/c20-18(11-10-16-4-3-13-21-16)15-8-6-14(7-9-15)17-5-1-2-12-19-17/h1-9,12-13H,10-11H2. The molecule has 3 aromatic rings. The molecule has 0 atom stereocenters. The van der Waals surface area contributed by atoms with Gasteiger partial charge in [-0.25, -0.2) is 0 Å². The number of benzene rings is 1. The first-order valence-electron chi connectivity index (χ1n) is 6.90. The van der Waals surface area contributed by atoms with Gasteiger partial charge in [0, 0.05) is 28.6 Å². The Morgan fingerprint density at radius 3 is 2.52 bits per heavy atom. The van der Waals surface area contributed by atoms with E-state index >= 15 is 0 Å². The predicted molar refractivity (Wildman–Crippen MR) is 86.6 cm³/mol. The molecule has 0 radical (unpaired) electrons. The topological polar surface area (TPSA) is 30.0 Å². The number of hydrogen-bond acceptors (Lipinski definition) is 3. The van der Waals surface area contributed by atoms with Crippen LogP contribution in [0.15, 0.2) is 66.2 Å². The SMILES string of the molecule is O=C(CCc1cccs1)c1ccc(-c2ccccn2)cc1. The van der Waals surface area contributed by atoms with Gasteiger partial charge in [-0.15, -0.1) is 11.3 Å². The normalized spacial score (nSPS) is 10.5. The van der Waals surface area contributed by atoms with E-state index < -0.39 is 0 Å². The molecule has 0 saturated heterocycles. The first-order valence-corrected chi connectivity index (χ1v) is 7.78. The minimum absolute atomic E-state index is 0.191. The second-order valence-electron chi connectivity index (χ2n) is 4.79. The van der Waals surface area contributed by atoms with E-state index in [1.165, 1.54) is 4.88 Å². The second-order valence-corrected chi connectivity index (χ2v) is 5.83. The van der Waals surface area contributed by atoms with Gasteiger partial charge in [0.05, 0.1) is 5.69 Å². The fourth-order valence-electron chi connectivity index (χ4n) is 2.20. The Hall–Kier alpha value is -2.26. The molecule has 0 bridgehead atoms. The van der Waals surface area contributed by atoms with Crippen molar-refractivity contribution in [2.75, 3.05) is 0 Å². The largest absolute Gasteiger partial charge is 0.294 e. The molecule has 0 fully saturated rings. The van der Waals surface area contributed by atoms with Crippen molar-refractivity contribution in [3.63, 3.8) is 0 Å². The molecular formula is C18H15NOS. The highest BCUT2D eigenvalue weighted by molar-refractivity contribution is 7.09. The van der Waals surface area contributed by atoms with Crippen molar-refractivity contribution < 1.29 is 4.79 Å². The highest BCUT2D eigenvalue weighted by Crippen LogP contribution is 2.18. The minimum Gasteiger partial charge on any atom is -0.294 e. The van der Waals surface area contributed by atoms with Crippen LogP contribution in [0.1, 0.15) is 21.7 Å². The lowest BCUT2D eigenvalue weighted by molar-refractivity contribution is 0.0983. The number of Topliss-reactive ketones (excluding diaryl/α,β-unsaturated/α-hetero) is 1. The van der Waals surface area contributed by atoms with E-state index in [1.54, 1.807) is 17.5 Å². The third-order valence-corrected chi connectivity index (χ3v) is 4.28. The lowest BCUT2D eigenvalue weighted by Gasteiger charge is -2.03. The number of carbonyl (C=O) groups excluding carboxylic acids is 1. The molecule has 0 unspecified atom stereocenters. The highest BCUT2D eigenvalue weighted by Gasteiger charge is 2.07. The van der Waals surface area contributed by atoms with Crippen molar-refractivity contribution in [2.45, 2.75) is 12.8 Å². The first kappa shape index (κ1) is 13.7. The van der Waals surface area contributed by atoms with E-state index in [-0.39, 0.29) is 5.78 Å². The maximum absolute atomic E-state index is 12.2. The average Bonchev–Trinajstić information content (AvgIpc) is 3.07. The average molecular weight is 293 g/mol. The molecule has 0 amide bonds. The second kappa shape index (κ2) is 6.46. The van der Waals surface area contributed by atoms with Gasteiger partial charge in [-0.05, 0) is 30.0 Å². The van der Waals surface area contributed by atoms with E-state index in [0.29, 0.717) is 6.42 Å².